The molecule has 0 bridgehead atoms. The molecule has 5 heteroatoms. The van der Waals surface area contributed by atoms with E-state index in [9.17, 15) is 4.39 Å². The van der Waals surface area contributed by atoms with Crippen LogP contribution in [-0.2, 0) is 6.42 Å². The number of benzene rings is 2. The maximum Gasteiger partial charge on any atom is 0.127 e. The number of hydrogen-bond acceptors (Lipinski definition) is 0. The minimum absolute atomic E-state index is 0.0864. The highest BCUT2D eigenvalue weighted by atomic mass is 79.9. The fraction of sp³-hybridized carbons (Fsp3) is 0.143. The number of rotatable bonds is 3. The van der Waals surface area contributed by atoms with Crippen molar-refractivity contribution in [2.75, 3.05) is 0 Å². The van der Waals surface area contributed by atoms with E-state index in [0.717, 1.165) is 5.56 Å². The van der Waals surface area contributed by atoms with E-state index in [1.165, 1.54) is 6.07 Å². The highest BCUT2D eigenvalue weighted by Gasteiger charge is 2.15. The van der Waals surface area contributed by atoms with Gasteiger partial charge in [-0.15, -0.1) is 0 Å². The second kappa shape index (κ2) is 6.45. The predicted molar refractivity (Wildman–Crippen MR) is 83.2 cm³/mol. The van der Waals surface area contributed by atoms with Crippen LogP contribution < -0.4 is 0 Å². The number of hydrogen-bond donors (Lipinski definition) is 0. The van der Waals surface area contributed by atoms with Crippen molar-refractivity contribution in [1.29, 1.82) is 0 Å². The molecule has 0 N–H and O–H groups in total. The molecule has 2 aromatic carbocycles. The Morgan fingerprint density at radius 3 is 2.37 bits per heavy atom. The molecule has 0 aromatic heterocycles. The molecule has 2 rings (SSSR count). The van der Waals surface area contributed by atoms with Gasteiger partial charge in [-0.3, -0.25) is 0 Å². The molecule has 0 saturated carbocycles. The molecule has 0 radical (unpaired) electrons. The quantitative estimate of drug-likeness (QED) is 0.534. The monoisotopic (exact) mass is 380 g/mol. The van der Waals surface area contributed by atoms with E-state index in [4.69, 9.17) is 34.8 Å². The third-order valence-electron chi connectivity index (χ3n) is 2.75. The lowest BCUT2D eigenvalue weighted by atomic mass is 10.0. The molecule has 0 aliphatic carbocycles. The Hall–Kier alpha value is -0.280. The molecule has 19 heavy (non-hydrogen) atoms. The van der Waals surface area contributed by atoms with Gasteiger partial charge in [0.25, 0.3) is 0 Å². The molecule has 0 spiro atoms. The van der Waals surface area contributed by atoms with Gasteiger partial charge in [0.2, 0.25) is 0 Å². The van der Waals surface area contributed by atoms with Gasteiger partial charge in [-0.05, 0) is 36.2 Å². The van der Waals surface area contributed by atoms with Crippen molar-refractivity contribution >= 4 is 50.7 Å². The topological polar surface area (TPSA) is 0 Å². The van der Waals surface area contributed by atoms with E-state index >= 15 is 0 Å². The molecule has 0 amide bonds. The summed E-state index contributed by atoms with van der Waals surface area (Å²) in [6.45, 7) is 0. The molecule has 0 nitrogen and oxygen atoms in total. The summed E-state index contributed by atoms with van der Waals surface area (Å²) in [5.41, 5.74) is 1.41. The molecule has 0 aliphatic heterocycles. The molecule has 2 aromatic rings. The van der Waals surface area contributed by atoms with Crippen molar-refractivity contribution in [2.45, 2.75) is 11.2 Å². The maximum atomic E-state index is 13.7. The zero-order chi connectivity index (χ0) is 14.0. The highest BCUT2D eigenvalue weighted by Crippen LogP contribution is 2.34. The van der Waals surface area contributed by atoms with Crippen molar-refractivity contribution < 1.29 is 4.39 Å². The zero-order valence-corrected chi connectivity index (χ0v) is 13.5. The van der Waals surface area contributed by atoms with Gasteiger partial charge in [-0.25, -0.2) is 4.39 Å². The highest BCUT2D eigenvalue weighted by molar-refractivity contribution is 9.09. The van der Waals surface area contributed by atoms with Crippen molar-refractivity contribution in [1.82, 2.24) is 0 Å². The Morgan fingerprint density at radius 1 is 1.00 bits per heavy atom. The largest absolute Gasteiger partial charge is 0.207 e. The average Bonchev–Trinajstić information content (AvgIpc) is 2.37. The molecule has 1 atom stereocenters. The average molecular weight is 382 g/mol. The van der Waals surface area contributed by atoms with E-state index in [-0.39, 0.29) is 10.6 Å². The first-order valence-electron chi connectivity index (χ1n) is 5.51. The first-order chi connectivity index (χ1) is 8.99. The van der Waals surface area contributed by atoms with Crippen LogP contribution in [0.15, 0.2) is 36.4 Å². The molecular formula is C14H9BrCl3F. The zero-order valence-electron chi connectivity index (χ0n) is 9.64. The number of alkyl halides is 1. The van der Waals surface area contributed by atoms with Crippen LogP contribution in [-0.4, -0.2) is 0 Å². The Kier molecular flexibility index (Phi) is 5.13. The second-order valence-electron chi connectivity index (χ2n) is 4.05. The molecule has 0 heterocycles. The summed E-state index contributed by atoms with van der Waals surface area (Å²) >= 11 is 21.4. The van der Waals surface area contributed by atoms with E-state index < -0.39 is 0 Å². The van der Waals surface area contributed by atoms with Gasteiger partial charge in [0.15, 0.2) is 0 Å². The van der Waals surface area contributed by atoms with E-state index in [1.54, 1.807) is 24.3 Å². The van der Waals surface area contributed by atoms with E-state index in [2.05, 4.69) is 15.9 Å². The number of halogens is 5. The summed E-state index contributed by atoms with van der Waals surface area (Å²) < 4.78 is 13.7. The Balaban J connectivity index is 2.25. The summed E-state index contributed by atoms with van der Waals surface area (Å²) in [6.07, 6.45) is 0.434. The van der Waals surface area contributed by atoms with Crippen LogP contribution in [0.2, 0.25) is 15.1 Å². The third-order valence-corrected chi connectivity index (χ3v) is 4.70. The normalized spacial score (nSPS) is 12.5. The van der Waals surface area contributed by atoms with Gasteiger partial charge in [-0.1, -0.05) is 62.9 Å². The summed E-state index contributed by atoms with van der Waals surface area (Å²) in [7, 11) is 0. The van der Waals surface area contributed by atoms with Gasteiger partial charge >= 0.3 is 0 Å². The van der Waals surface area contributed by atoms with Crippen LogP contribution in [0.25, 0.3) is 0 Å². The minimum Gasteiger partial charge on any atom is -0.207 e. The van der Waals surface area contributed by atoms with Crippen LogP contribution in [0, 0.1) is 5.82 Å². The Morgan fingerprint density at radius 2 is 1.74 bits per heavy atom. The lowest BCUT2D eigenvalue weighted by Gasteiger charge is -2.13. The van der Waals surface area contributed by atoms with Gasteiger partial charge in [0, 0.05) is 15.4 Å². The smallest absolute Gasteiger partial charge is 0.127 e. The first-order valence-corrected chi connectivity index (χ1v) is 7.56. The second-order valence-corrected chi connectivity index (χ2v) is 6.37. The lowest BCUT2D eigenvalue weighted by molar-refractivity contribution is 0.608. The summed E-state index contributed by atoms with van der Waals surface area (Å²) in [6, 6.07) is 9.99. The van der Waals surface area contributed by atoms with Crippen molar-refractivity contribution in [2.24, 2.45) is 0 Å². The predicted octanol–water partition coefficient (Wildman–Crippen LogP) is 6.46. The summed E-state index contributed by atoms with van der Waals surface area (Å²) in [5.74, 6) is -0.308. The van der Waals surface area contributed by atoms with E-state index in [1.807, 2.05) is 6.07 Å². The fourth-order valence-electron chi connectivity index (χ4n) is 1.73. The molecule has 0 fully saturated rings. The van der Waals surface area contributed by atoms with Crippen LogP contribution in [0.5, 0.6) is 0 Å². The fourth-order valence-corrected chi connectivity index (χ4v) is 2.89. The van der Waals surface area contributed by atoms with Crippen molar-refractivity contribution in [3.8, 4) is 0 Å². The molecule has 0 aliphatic rings. The molecular weight excluding hydrogens is 373 g/mol. The standard InChI is InChI=1S/C14H9BrCl3F/c15-10(8-4-5-12(17)13(18)6-8)7-9-11(16)2-1-3-14(9)19/h1-6,10H,7H2. The SMILES string of the molecule is Fc1cccc(Cl)c1CC(Br)c1ccc(Cl)c(Cl)c1. The summed E-state index contributed by atoms with van der Waals surface area (Å²) in [5, 5.41) is 1.39. The van der Waals surface area contributed by atoms with Crippen LogP contribution in [0.4, 0.5) is 4.39 Å². The van der Waals surface area contributed by atoms with Gasteiger partial charge in [-0.2, -0.15) is 0 Å². The Labute approximate surface area is 134 Å². The molecule has 1 unspecified atom stereocenters. The first kappa shape index (κ1) is 15.1. The molecule has 100 valence electrons. The van der Waals surface area contributed by atoms with E-state index in [0.29, 0.717) is 27.1 Å². The van der Waals surface area contributed by atoms with Crippen LogP contribution >= 0.6 is 50.7 Å². The van der Waals surface area contributed by atoms with Crippen molar-refractivity contribution in [3.63, 3.8) is 0 Å². The maximum absolute atomic E-state index is 13.7. The van der Waals surface area contributed by atoms with Gasteiger partial charge < -0.3 is 0 Å². The van der Waals surface area contributed by atoms with Crippen LogP contribution in [0.1, 0.15) is 16.0 Å². The van der Waals surface area contributed by atoms with Crippen LogP contribution in [0.3, 0.4) is 0 Å². The van der Waals surface area contributed by atoms with Crippen molar-refractivity contribution in [3.05, 3.63) is 68.4 Å². The third kappa shape index (κ3) is 3.63. The molecule has 0 saturated heterocycles. The summed E-state index contributed by atoms with van der Waals surface area (Å²) in [4.78, 5) is -0.0864. The van der Waals surface area contributed by atoms with Gasteiger partial charge in [0.05, 0.1) is 10.0 Å². The lowest BCUT2D eigenvalue weighted by Crippen LogP contribution is -1.99. The van der Waals surface area contributed by atoms with Gasteiger partial charge in [0.1, 0.15) is 5.82 Å². The Bertz CT molecular complexity index is 581. The minimum atomic E-state index is -0.308.